The molecule has 7 heteroatoms. The van der Waals surface area contributed by atoms with Crippen LogP contribution in [0.25, 0.3) is 0 Å². The number of nitrogens with zero attached hydrogens (tertiary/aromatic N) is 3. The number of urea groups is 1. The molecule has 1 rings (SSSR count). The Hall–Kier alpha value is -1.50. The summed E-state index contributed by atoms with van der Waals surface area (Å²) in [4.78, 5) is 23.9. The first-order chi connectivity index (χ1) is 8.88. The average Bonchev–Trinajstić information content (AvgIpc) is 2.77. The van der Waals surface area contributed by atoms with E-state index in [0.717, 1.165) is 17.7 Å². The molecule has 1 N–H and O–H groups in total. The van der Waals surface area contributed by atoms with Crippen molar-refractivity contribution in [2.24, 2.45) is 0 Å². The molecule has 0 aliphatic carbocycles. The number of amides is 2. The number of carbonyl (C=O) groups is 2. The highest BCUT2D eigenvalue weighted by Crippen LogP contribution is 2.27. The Morgan fingerprint density at radius 1 is 1.42 bits per heavy atom. The molecule has 0 fully saturated rings. The van der Waals surface area contributed by atoms with Crippen molar-refractivity contribution in [3.8, 4) is 0 Å². The van der Waals surface area contributed by atoms with E-state index in [0.29, 0.717) is 11.7 Å². The molecule has 1 heterocycles. The number of rotatable bonds is 5. The van der Waals surface area contributed by atoms with Gasteiger partial charge in [-0.25, -0.2) is 4.79 Å². The van der Waals surface area contributed by atoms with Gasteiger partial charge in [0.2, 0.25) is 5.13 Å². The summed E-state index contributed by atoms with van der Waals surface area (Å²) < 4.78 is 0. The van der Waals surface area contributed by atoms with Crippen LogP contribution in [0.4, 0.5) is 9.93 Å². The van der Waals surface area contributed by atoms with E-state index in [9.17, 15) is 9.59 Å². The molecule has 19 heavy (non-hydrogen) atoms. The molecule has 0 atom stereocenters. The van der Waals surface area contributed by atoms with Gasteiger partial charge < -0.3 is 9.69 Å². The summed E-state index contributed by atoms with van der Waals surface area (Å²) in [5.41, 5.74) is -0.0907. The first-order valence-corrected chi connectivity index (χ1v) is 7.03. The van der Waals surface area contributed by atoms with Crippen LogP contribution in [0.3, 0.4) is 0 Å². The van der Waals surface area contributed by atoms with Gasteiger partial charge in [0.25, 0.3) is 0 Å². The van der Waals surface area contributed by atoms with Crippen LogP contribution in [-0.2, 0) is 10.2 Å². The molecule has 0 spiro atoms. The van der Waals surface area contributed by atoms with E-state index in [4.69, 9.17) is 0 Å². The topological polar surface area (TPSA) is 75.2 Å². The summed E-state index contributed by atoms with van der Waals surface area (Å²) >= 11 is 1.35. The van der Waals surface area contributed by atoms with Crippen molar-refractivity contribution in [1.82, 2.24) is 15.1 Å². The molecular formula is C12H20N4O2S. The lowest BCUT2D eigenvalue weighted by atomic mass is 9.98. The van der Waals surface area contributed by atoms with Gasteiger partial charge in [-0.2, -0.15) is 0 Å². The molecule has 6 nitrogen and oxygen atoms in total. The van der Waals surface area contributed by atoms with Gasteiger partial charge >= 0.3 is 6.03 Å². The highest BCUT2D eigenvalue weighted by molar-refractivity contribution is 7.15. The number of aromatic nitrogens is 2. The molecule has 0 saturated carbocycles. The summed E-state index contributed by atoms with van der Waals surface area (Å²) in [6.45, 7) is 8.69. The minimum absolute atomic E-state index is 0.0879. The second-order valence-electron chi connectivity index (χ2n) is 5.21. The van der Waals surface area contributed by atoms with E-state index in [1.165, 1.54) is 16.2 Å². The molecule has 2 amide bonds. The van der Waals surface area contributed by atoms with E-state index in [2.05, 4.69) is 15.5 Å². The number of nitrogens with one attached hydrogen (secondary N) is 1. The smallest absolute Gasteiger partial charge is 0.317 e. The van der Waals surface area contributed by atoms with Crippen LogP contribution in [0.5, 0.6) is 0 Å². The second-order valence-corrected chi connectivity index (χ2v) is 6.18. The third-order valence-corrected chi connectivity index (χ3v) is 3.62. The van der Waals surface area contributed by atoms with Gasteiger partial charge in [-0.05, 0) is 6.42 Å². The first kappa shape index (κ1) is 15.6. The number of hydrogen-bond acceptors (Lipinski definition) is 5. The summed E-state index contributed by atoms with van der Waals surface area (Å²) in [7, 11) is 0. The van der Waals surface area contributed by atoms with E-state index in [1.54, 1.807) is 0 Å². The van der Waals surface area contributed by atoms with Crippen molar-refractivity contribution in [2.45, 2.75) is 39.5 Å². The Morgan fingerprint density at radius 3 is 2.58 bits per heavy atom. The highest BCUT2D eigenvalue weighted by atomic mass is 32.1. The van der Waals surface area contributed by atoms with Crippen molar-refractivity contribution in [1.29, 1.82) is 0 Å². The third-order valence-electron chi connectivity index (χ3n) is 2.36. The number of carbonyl (C=O) groups excluding carboxylic acids is 2. The van der Waals surface area contributed by atoms with Crippen LogP contribution in [0.2, 0.25) is 0 Å². The first-order valence-electron chi connectivity index (χ1n) is 6.22. The Labute approximate surface area is 117 Å². The molecule has 0 aliphatic rings. The lowest BCUT2D eigenvalue weighted by Gasteiger charge is -2.18. The molecule has 0 bridgehead atoms. The zero-order chi connectivity index (χ0) is 14.5. The van der Waals surface area contributed by atoms with Crippen molar-refractivity contribution in [2.75, 3.05) is 18.4 Å². The van der Waals surface area contributed by atoms with Crippen LogP contribution in [0, 0.1) is 0 Å². The Bertz CT molecular complexity index is 439. The Kier molecular flexibility index (Phi) is 5.41. The molecule has 0 unspecified atom stereocenters. The van der Waals surface area contributed by atoms with Crippen molar-refractivity contribution >= 4 is 28.8 Å². The summed E-state index contributed by atoms with van der Waals surface area (Å²) in [5.74, 6) is 0. The van der Waals surface area contributed by atoms with Crippen molar-refractivity contribution < 1.29 is 9.59 Å². The van der Waals surface area contributed by atoms with E-state index in [1.807, 2.05) is 27.7 Å². The zero-order valence-electron chi connectivity index (χ0n) is 11.8. The lowest BCUT2D eigenvalue weighted by Crippen LogP contribution is -2.36. The summed E-state index contributed by atoms with van der Waals surface area (Å²) in [6.07, 6.45) is 1.51. The number of hydrogen-bond donors (Lipinski definition) is 1. The molecule has 0 aliphatic heterocycles. The number of anilines is 1. The molecule has 1 aromatic rings. The van der Waals surface area contributed by atoms with E-state index >= 15 is 0 Å². The van der Waals surface area contributed by atoms with Crippen LogP contribution >= 0.6 is 11.3 Å². The summed E-state index contributed by atoms with van der Waals surface area (Å²) in [5, 5.41) is 12.0. The van der Waals surface area contributed by atoms with Gasteiger partial charge in [0.1, 0.15) is 11.3 Å². The maximum atomic E-state index is 11.9. The van der Waals surface area contributed by atoms with Gasteiger partial charge in [-0.1, -0.05) is 39.0 Å². The fourth-order valence-electron chi connectivity index (χ4n) is 1.38. The fourth-order valence-corrected chi connectivity index (χ4v) is 2.17. The van der Waals surface area contributed by atoms with Gasteiger partial charge in [0, 0.05) is 12.0 Å². The summed E-state index contributed by atoms with van der Waals surface area (Å²) in [6, 6.07) is -0.314. The predicted molar refractivity (Wildman–Crippen MR) is 75.6 cm³/mol. The maximum absolute atomic E-state index is 11.9. The Morgan fingerprint density at radius 2 is 2.11 bits per heavy atom. The largest absolute Gasteiger partial charge is 0.324 e. The van der Waals surface area contributed by atoms with Gasteiger partial charge in [-0.3, -0.25) is 5.32 Å². The average molecular weight is 284 g/mol. The molecule has 106 valence electrons. The third kappa shape index (κ3) is 4.59. The van der Waals surface area contributed by atoms with Crippen LogP contribution in [0.15, 0.2) is 0 Å². The van der Waals surface area contributed by atoms with E-state index in [-0.39, 0.29) is 18.0 Å². The minimum Gasteiger partial charge on any atom is -0.317 e. The van der Waals surface area contributed by atoms with Gasteiger partial charge in [0.15, 0.2) is 0 Å². The zero-order valence-corrected chi connectivity index (χ0v) is 12.6. The minimum atomic E-state index is -0.314. The standard InChI is InChI=1S/C12H20N4O2S/c1-5-6-16(7-8-17)11(18)13-10-15-14-9(19-10)12(2,3)4/h8H,5-7H2,1-4H3,(H,13,15,18). The molecular weight excluding hydrogens is 264 g/mol. The molecule has 0 radical (unpaired) electrons. The monoisotopic (exact) mass is 284 g/mol. The fraction of sp³-hybridized carbons (Fsp3) is 0.667. The van der Waals surface area contributed by atoms with Crippen LogP contribution < -0.4 is 5.32 Å². The molecule has 0 saturated heterocycles. The number of aldehydes is 1. The molecule has 0 aromatic carbocycles. The predicted octanol–water partition coefficient (Wildman–Crippen LogP) is 2.28. The van der Waals surface area contributed by atoms with Crippen molar-refractivity contribution in [3.63, 3.8) is 0 Å². The molecule has 1 aromatic heterocycles. The van der Waals surface area contributed by atoms with Crippen LogP contribution in [0.1, 0.15) is 39.1 Å². The quantitative estimate of drug-likeness (QED) is 0.842. The van der Waals surface area contributed by atoms with Gasteiger partial charge in [-0.15, -0.1) is 10.2 Å². The van der Waals surface area contributed by atoms with Crippen molar-refractivity contribution in [3.05, 3.63) is 5.01 Å². The second kappa shape index (κ2) is 6.60. The SMILES string of the molecule is CCCN(CC=O)C(=O)Nc1nnc(C(C)(C)C)s1. The van der Waals surface area contributed by atoms with Crippen LogP contribution in [-0.4, -0.2) is 40.5 Å². The lowest BCUT2D eigenvalue weighted by molar-refractivity contribution is -0.108. The normalized spacial score (nSPS) is 11.2. The van der Waals surface area contributed by atoms with E-state index < -0.39 is 0 Å². The van der Waals surface area contributed by atoms with Gasteiger partial charge in [0.05, 0.1) is 6.54 Å². The maximum Gasteiger partial charge on any atom is 0.324 e. The highest BCUT2D eigenvalue weighted by Gasteiger charge is 2.21. The Balaban J connectivity index is 2.70.